The number of hydrogen-bond acceptors (Lipinski definition) is 3. The fraction of sp³-hybridized carbons (Fsp3) is 0.737. The Morgan fingerprint density at radius 2 is 1.44 bits per heavy atom. The number of hydrogen-bond donors (Lipinski definition) is 0. The Morgan fingerprint density at radius 3 is 2.08 bits per heavy atom. The SMILES string of the molecule is Cn1c(=O)c2c(nc(C3CCCCC3)n2C2CCCCC2)n(C)c1=O. The highest BCUT2D eigenvalue weighted by molar-refractivity contribution is 5.71. The summed E-state index contributed by atoms with van der Waals surface area (Å²) in [5.74, 6) is 1.47. The van der Waals surface area contributed by atoms with Gasteiger partial charge >= 0.3 is 5.69 Å². The molecule has 6 nitrogen and oxygen atoms in total. The predicted molar refractivity (Wildman–Crippen MR) is 98.2 cm³/mol. The van der Waals surface area contributed by atoms with Crippen LogP contribution in [-0.2, 0) is 14.1 Å². The summed E-state index contributed by atoms with van der Waals surface area (Å²) in [6.07, 6.45) is 12.0. The average Bonchev–Trinajstić information content (AvgIpc) is 3.07. The van der Waals surface area contributed by atoms with Crippen molar-refractivity contribution in [2.75, 3.05) is 0 Å². The van der Waals surface area contributed by atoms with E-state index in [4.69, 9.17) is 4.98 Å². The van der Waals surface area contributed by atoms with Crippen LogP contribution in [0, 0.1) is 0 Å². The fourth-order valence-electron chi connectivity index (χ4n) is 4.79. The molecule has 6 heteroatoms. The highest BCUT2D eigenvalue weighted by atomic mass is 16.2. The van der Waals surface area contributed by atoms with Crippen LogP contribution in [-0.4, -0.2) is 18.7 Å². The molecule has 0 radical (unpaired) electrons. The summed E-state index contributed by atoms with van der Waals surface area (Å²) in [5.41, 5.74) is 0.718. The van der Waals surface area contributed by atoms with Crippen LogP contribution in [0.4, 0.5) is 0 Å². The first-order valence-electron chi connectivity index (χ1n) is 9.77. The van der Waals surface area contributed by atoms with Gasteiger partial charge in [-0.05, 0) is 25.7 Å². The Labute approximate surface area is 147 Å². The number of rotatable bonds is 2. The third kappa shape index (κ3) is 2.66. The molecule has 2 fully saturated rings. The molecule has 0 N–H and O–H groups in total. The van der Waals surface area contributed by atoms with Crippen molar-refractivity contribution in [2.45, 2.75) is 76.2 Å². The lowest BCUT2D eigenvalue weighted by Crippen LogP contribution is -2.38. The summed E-state index contributed by atoms with van der Waals surface area (Å²) < 4.78 is 5.02. The molecule has 136 valence electrons. The summed E-state index contributed by atoms with van der Waals surface area (Å²) in [6.45, 7) is 0. The second-order valence-electron chi connectivity index (χ2n) is 7.84. The zero-order chi connectivity index (χ0) is 17.6. The summed E-state index contributed by atoms with van der Waals surface area (Å²) in [7, 11) is 3.30. The van der Waals surface area contributed by atoms with Crippen LogP contribution in [0.3, 0.4) is 0 Å². The van der Waals surface area contributed by atoms with Crippen LogP contribution in [0.1, 0.15) is 82.0 Å². The van der Waals surface area contributed by atoms with Crippen molar-refractivity contribution < 1.29 is 0 Å². The molecular weight excluding hydrogens is 316 g/mol. The third-order valence-corrected chi connectivity index (χ3v) is 6.23. The van der Waals surface area contributed by atoms with Gasteiger partial charge in [0.05, 0.1) is 0 Å². The van der Waals surface area contributed by atoms with E-state index in [1.807, 2.05) is 0 Å². The molecule has 2 saturated carbocycles. The highest BCUT2D eigenvalue weighted by Crippen LogP contribution is 2.38. The average molecular weight is 344 g/mol. The van der Waals surface area contributed by atoms with Crippen molar-refractivity contribution in [1.82, 2.24) is 18.7 Å². The maximum absolute atomic E-state index is 12.9. The van der Waals surface area contributed by atoms with E-state index >= 15 is 0 Å². The topological polar surface area (TPSA) is 61.8 Å². The van der Waals surface area contributed by atoms with Crippen LogP contribution in [0.15, 0.2) is 9.59 Å². The van der Waals surface area contributed by atoms with E-state index in [1.165, 1.54) is 43.1 Å². The number of aryl methyl sites for hydroxylation is 1. The van der Waals surface area contributed by atoms with E-state index in [9.17, 15) is 9.59 Å². The summed E-state index contributed by atoms with van der Waals surface area (Å²) in [5, 5.41) is 0. The van der Waals surface area contributed by atoms with Gasteiger partial charge in [0.1, 0.15) is 5.82 Å². The van der Waals surface area contributed by atoms with Gasteiger partial charge in [-0.2, -0.15) is 0 Å². The van der Waals surface area contributed by atoms with E-state index in [-0.39, 0.29) is 11.2 Å². The quantitative estimate of drug-likeness (QED) is 0.841. The fourth-order valence-corrected chi connectivity index (χ4v) is 4.79. The number of aromatic nitrogens is 4. The van der Waals surface area contributed by atoms with Crippen molar-refractivity contribution in [3.63, 3.8) is 0 Å². The first kappa shape index (κ1) is 16.6. The minimum atomic E-state index is -0.291. The Morgan fingerprint density at radius 1 is 0.840 bits per heavy atom. The standard InChI is InChI=1S/C19H28N4O2/c1-21-17-15(18(24)22(2)19(21)25)23(14-11-7-4-8-12-14)16(20-17)13-9-5-3-6-10-13/h13-14H,3-12H2,1-2H3. The molecule has 0 saturated heterocycles. The molecular formula is C19H28N4O2. The van der Waals surface area contributed by atoms with Crippen LogP contribution in [0.5, 0.6) is 0 Å². The molecule has 2 aliphatic rings. The van der Waals surface area contributed by atoms with Gasteiger partial charge in [0.25, 0.3) is 5.56 Å². The lowest BCUT2D eigenvalue weighted by molar-refractivity contribution is 0.333. The molecule has 0 bridgehead atoms. The van der Waals surface area contributed by atoms with E-state index in [0.29, 0.717) is 23.1 Å². The lowest BCUT2D eigenvalue weighted by atomic mass is 9.88. The van der Waals surface area contributed by atoms with Gasteiger partial charge in [-0.3, -0.25) is 13.9 Å². The van der Waals surface area contributed by atoms with Gasteiger partial charge in [-0.1, -0.05) is 38.5 Å². The molecule has 0 amide bonds. The Balaban J connectivity index is 1.99. The monoisotopic (exact) mass is 344 g/mol. The smallest absolute Gasteiger partial charge is 0.319 e. The molecule has 0 aliphatic heterocycles. The van der Waals surface area contributed by atoms with E-state index in [1.54, 1.807) is 18.7 Å². The van der Waals surface area contributed by atoms with Crippen molar-refractivity contribution in [3.8, 4) is 0 Å². The van der Waals surface area contributed by atoms with Gasteiger partial charge < -0.3 is 4.57 Å². The van der Waals surface area contributed by atoms with E-state index in [0.717, 1.165) is 31.5 Å². The minimum Gasteiger partial charge on any atom is -0.319 e. The Kier molecular flexibility index (Phi) is 4.29. The van der Waals surface area contributed by atoms with Crippen molar-refractivity contribution >= 4 is 11.2 Å². The van der Waals surface area contributed by atoms with Gasteiger partial charge in [-0.15, -0.1) is 0 Å². The van der Waals surface area contributed by atoms with Crippen LogP contribution >= 0.6 is 0 Å². The second-order valence-corrected chi connectivity index (χ2v) is 7.84. The molecule has 2 aliphatic carbocycles. The normalized spacial score (nSPS) is 20.4. The molecule has 0 unspecified atom stereocenters. The zero-order valence-corrected chi connectivity index (χ0v) is 15.3. The molecule has 0 aromatic carbocycles. The van der Waals surface area contributed by atoms with Gasteiger partial charge in [0, 0.05) is 26.1 Å². The number of fused-ring (bicyclic) bond motifs is 1. The maximum atomic E-state index is 12.9. The van der Waals surface area contributed by atoms with Gasteiger partial charge in [0.15, 0.2) is 11.2 Å². The summed E-state index contributed by atoms with van der Waals surface area (Å²) >= 11 is 0. The molecule has 2 aromatic rings. The van der Waals surface area contributed by atoms with Gasteiger partial charge in [-0.25, -0.2) is 9.78 Å². The van der Waals surface area contributed by atoms with Crippen molar-refractivity contribution in [2.24, 2.45) is 14.1 Å². The Bertz CT molecular complexity index is 893. The first-order valence-corrected chi connectivity index (χ1v) is 9.77. The zero-order valence-electron chi connectivity index (χ0n) is 15.3. The molecule has 0 atom stereocenters. The molecule has 2 aromatic heterocycles. The minimum absolute atomic E-state index is 0.196. The summed E-state index contributed by atoms with van der Waals surface area (Å²) in [6, 6.07) is 0.348. The van der Waals surface area contributed by atoms with Crippen molar-refractivity contribution in [1.29, 1.82) is 0 Å². The molecule has 4 rings (SSSR count). The van der Waals surface area contributed by atoms with Gasteiger partial charge in [0.2, 0.25) is 0 Å². The van der Waals surface area contributed by atoms with Crippen LogP contribution in [0.2, 0.25) is 0 Å². The number of nitrogens with zero attached hydrogens (tertiary/aromatic N) is 4. The largest absolute Gasteiger partial charge is 0.332 e. The number of imidazole rings is 1. The Hall–Kier alpha value is -1.85. The summed E-state index contributed by atoms with van der Waals surface area (Å²) in [4.78, 5) is 30.2. The van der Waals surface area contributed by atoms with Crippen LogP contribution in [0.25, 0.3) is 11.2 Å². The first-order chi connectivity index (χ1) is 12.1. The van der Waals surface area contributed by atoms with E-state index < -0.39 is 0 Å². The molecule has 2 heterocycles. The second kappa shape index (κ2) is 6.46. The molecule has 25 heavy (non-hydrogen) atoms. The molecule has 0 spiro atoms. The van der Waals surface area contributed by atoms with E-state index in [2.05, 4.69) is 4.57 Å². The van der Waals surface area contributed by atoms with Crippen LogP contribution < -0.4 is 11.2 Å². The third-order valence-electron chi connectivity index (χ3n) is 6.23. The predicted octanol–water partition coefficient (Wildman–Crippen LogP) is 2.99. The maximum Gasteiger partial charge on any atom is 0.332 e. The highest BCUT2D eigenvalue weighted by Gasteiger charge is 2.29. The van der Waals surface area contributed by atoms with Crippen molar-refractivity contribution in [3.05, 3.63) is 26.7 Å². The lowest BCUT2D eigenvalue weighted by Gasteiger charge is -2.29.